The van der Waals surface area contributed by atoms with Gasteiger partial charge in [0.1, 0.15) is 0 Å². The Morgan fingerprint density at radius 1 is 1.83 bits per heavy atom. The number of rotatable bonds is 0. The molecule has 35 valence electrons. The maximum Gasteiger partial charge on any atom is 0.248 e. The van der Waals surface area contributed by atoms with Crippen LogP contribution in [-0.4, -0.2) is 11.0 Å². The van der Waals surface area contributed by atoms with Crippen molar-refractivity contribution in [3.63, 3.8) is 0 Å². The molecule has 0 aromatic rings. The van der Waals surface area contributed by atoms with Crippen molar-refractivity contribution < 1.29 is 13.9 Å². The minimum atomic E-state index is -2.54. The second-order valence-corrected chi connectivity index (χ2v) is 1.34. The van der Waals surface area contributed by atoms with Crippen LogP contribution in [0.4, 0.5) is 8.78 Å². The van der Waals surface area contributed by atoms with Gasteiger partial charge in [0.25, 0.3) is 0 Å². The first-order valence-electron chi connectivity index (χ1n) is 1.56. The molecule has 0 amide bonds. The van der Waals surface area contributed by atoms with Gasteiger partial charge in [-0.2, -0.15) is 0 Å². The Labute approximate surface area is 33.6 Å². The average Bonchev–Trinajstić information content (AvgIpc) is 1.73. The van der Waals surface area contributed by atoms with Crippen molar-refractivity contribution in [2.24, 2.45) is 0 Å². The summed E-state index contributed by atoms with van der Waals surface area (Å²) >= 11 is 0. The van der Waals surface area contributed by atoms with Crippen molar-refractivity contribution in [1.82, 2.24) is 0 Å². The zero-order valence-electron chi connectivity index (χ0n) is 2.91. The summed E-state index contributed by atoms with van der Waals surface area (Å²) in [4.78, 5) is 0. The molecule has 1 atom stereocenters. The lowest BCUT2D eigenvalue weighted by Gasteiger charge is -1.83. The lowest BCUT2D eigenvalue weighted by atomic mass is 10.8. The summed E-state index contributed by atoms with van der Waals surface area (Å²) < 4.78 is 22.5. The predicted octanol–water partition coefficient (Wildman–Crippen LogP) is 0.550. The van der Waals surface area contributed by atoms with Crippen LogP contribution in [0.25, 0.3) is 0 Å². The number of hydrogen-bond donors (Lipinski definition) is 1. The van der Waals surface area contributed by atoms with Crippen molar-refractivity contribution in [3.8, 4) is 0 Å². The largest absolute Gasteiger partial charge is 0.359 e. The average molecular weight is 93.1 g/mol. The van der Waals surface area contributed by atoms with Gasteiger partial charge in [-0.25, -0.2) is 8.78 Å². The Kier molecular flexibility index (Phi) is 0.485. The van der Waals surface area contributed by atoms with Crippen molar-refractivity contribution in [1.29, 1.82) is 0 Å². The van der Waals surface area contributed by atoms with Gasteiger partial charge in [0.2, 0.25) is 12.0 Å². The molecule has 0 heterocycles. The third kappa shape index (κ3) is 0.391. The third-order valence-corrected chi connectivity index (χ3v) is 0.680. The fourth-order valence-electron chi connectivity index (χ4n) is 0.161. The van der Waals surface area contributed by atoms with E-state index in [9.17, 15) is 8.78 Å². The summed E-state index contributed by atoms with van der Waals surface area (Å²) in [6.07, 6.45) is -1.38. The molecule has 1 aliphatic carbocycles. The first-order chi connectivity index (χ1) is 2.63. The molecule has 1 radical (unpaired) electrons. The van der Waals surface area contributed by atoms with E-state index in [0.717, 1.165) is 0 Å². The standard InChI is InChI=1S/C3H3F2O/c4-2-1-3(2,5)6/h6H,1H2. The van der Waals surface area contributed by atoms with Crippen LogP contribution in [0, 0.1) is 6.17 Å². The van der Waals surface area contributed by atoms with Crippen LogP contribution < -0.4 is 0 Å². The molecule has 3 heteroatoms. The molecule has 0 bridgehead atoms. The fourth-order valence-corrected chi connectivity index (χ4v) is 0.161. The van der Waals surface area contributed by atoms with Crippen LogP contribution in [0.3, 0.4) is 0 Å². The highest BCUT2D eigenvalue weighted by Crippen LogP contribution is 2.47. The minimum absolute atomic E-state index is 0.424. The van der Waals surface area contributed by atoms with Gasteiger partial charge in [0.15, 0.2) is 0 Å². The van der Waals surface area contributed by atoms with Gasteiger partial charge in [-0.15, -0.1) is 0 Å². The molecule has 0 aromatic heterocycles. The van der Waals surface area contributed by atoms with E-state index in [1.54, 1.807) is 0 Å². The molecule has 1 fully saturated rings. The predicted molar refractivity (Wildman–Crippen MR) is 15.0 cm³/mol. The highest BCUT2D eigenvalue weighted by Gasteiger charge is 2.57. The second kappa shape index (κ2) is 0.729. The summed E-state index contributed by atoms with van der Waals surface area (Å²) in [5.41, 5.74) is 0. The molecular weight excluding hydrogens is 90.0 g/mol. The summed E-state index contributed by atoms with van der Waals surface area (Å²) in [6.45, 7) is 0. The lowest BCUT2D eigenvalue weighted by Crippen LogP contribution is -1.95. The van der Waals surface area contributed by atoms with Gasteiger partial charge in [-0.05, 0) is 0 Å². The number of halogens is 2. The first-order valence-corrected chi connectivity index (χ1v) is 1.56. The van der Waals surface area contributed by atoms with Gasteiger partial charge in [0, 0.05) is 0 Å². The Bertz CT molecular complexity index is 71.2. The van der Waals surface area contributed by atoms with E-state index in [0.29, 0.717) is 0 Å². The van der Waals surface area contributed by atoms with Crippen LogP contribution in [-0.2, 0) is 0 Å². The van der Waals surface area contributed by atoms with E-state index < -0.39 is 18.4 Å². The normalized spacial score (nSPS) is 46.5. The van der Waals surface area contributed by atoms with Crippen molar-refractivity contribution in [2.75, 3.05) is 0 Å². The van der Waals surface area contributed by atoms with Crippen molar-refractivity contribution in [3.05, 3.63) is 6.17 Å². The van der Waals surface area contributed by atoms with Crippen LogP contribution >= 0.6 is 0 Å². The summed E-state index contributed by atoms with van der Waals surface area (Å²) in [6, 6.07) is 0. The van der Waals surface area contributed by atoms with E-state index >= 15 is 0 Å². The molecule has 1 N–H and O–H groups in total. The Balaban J connectivity index is 2.41. The zero-order valence-corrected chi connectivity index (χ0v) is 2.91. The van der Waals surface area contributed by atoms with Crippen LogP contribution in [0.2, 0.25) is 0 Å². The van der Waals surface area contributed by atoms with E-state index in [2.05, 4.69) is 0 Å². The molecule has 6 heavy (non-hydrogen) atoms. The van der Waals surface area contributed by atoms with E-state index in [4.69, 9.17) is 5.11 Å². The minimum Gasteiger partial charge on any atom is -0.359 e. The van der Waals surface area contributed by atoms with Crippen molar-refractivity contribution in [2.45, 2.75) is 12.3 Å². The smallest absolute Gasteiger partial charge is 0.248 e. The highest BCUT2D eigenvalue weighted by molar-refractivity contribution is 5.12. The molecule has 0 aromatic carbocycles. The number of alkyl halides is 1. The molecule has 1 nitrogen and oxygen atoms in total. The molecule has 1 unspecified atom stereocenters. The third-order valence-electron chi connectivity index (χ3n) is 0.680. The quantitative estimate of drug-likeness (QED) is 0.463. The maximum atomic E-state index is 11.3. The maximum absolute atomic E-state index is 11.3. The molecule has 1 aliphatic rings. The highest BCUT2D eigenvalue weighted by atomic mass is 19.2. The summed E-state index contributed by atoms with van der Waals surface area (Å²) in [5, 5.41) is 7.82. The van der Waals surface area contributed by atoms with Crippen molar-refractivity contribution >= 4 is 0 Å². The van der Waals surface area contributed by atoms with Gasteiger partial charge >= 0.3 is 0 Å². The van der Waals surface area contributed by atoms with E-state index in [-0.39, 0.29) is 0 Å². The zero-order chi connectivity index (χ0) is 4.78. The molecule has 0 spiro atoms. The second-order valence-electron chi connectivity index (χ2n) is 1.34. The topological polar surface area (TPSA) is 20.2 Å². The first kappa shape index (κ1) is 3.99. The molecule has 0 saturated heterocycles. The van der Waals surface area contributed by atoms with Crippen LogP contribution in [0.15, 0.2) is 0 Å². The number of aliphatic hydroxyl groups is 1. The van der Waals surface area contributed by atoms with Gasteiger partial charge in [-0.1, -0.05) is 0 Å². The summed E-state index contributed by atoms with van der Waals surface area (Å²) in [7, 11) is 0. The SMILES string of the molecule is OC1(F)C[C]1F. The van der Waals surface area contributed by atoms with Gasteiger partial charge < -0.3 is 5.11 Å². The molecule has 1 rings (SSSR count). The Hall–Kier alpha value is -0.180. The lowest BCUT2D eigenvalue weighted by molar-refractivity contribution is 0.00933. The van der Waals surface area contributed by atoms with E-state index in [1.807, 2.05) is 0 Å². The van der Waals surface area contributed by atoms with Crippen LogP contribution in [0.1, 0.15) is 6.42 Å². The van der Waals surface area contributed by atoms with Crippen LogP contribution in [0.5, 0.6) is 0 Å². The van der Waals surface area contributed by atoms with E-state index in [1.165, 1.54) is 0 Å². The number of hydrogen-bond acceptors (Lipinski definition) is 1. The molecular formula is C3H3F2O. The fraction of sp³-hybridized carbons (Fsp3) is 0.667. The molecule has 1 saturated carbocycles. The Morgan fingerprint density at radius 2 is 2.00 bits per heavy atom. The van der Waals surface area contributed by atoms with Gasteiger partial charge in [0.05, 0.1) is 6.42 Å². The summed E-state index contributed by atoms with van der Waals surface area (Å²) in [5.74, 6) is -2.54. The Morgan fingerprint density at radius 3 is 2.00 bits per heavy atom. The monoisotopic (exact) mass is 93.0 g/mol. The van der Waals surface area contributed by atoms with Gasteiger partial charge in [-0.3, -0.25) is 0 Å². The molecule has 0 aliphatic heterocycles.